The number of piperazine rings is 1. The summed E-state index contributed by atoms with van der Waals surface area (Å²) in [6.07, 6.45) is -1.25. The average molecular weight is 301 g/mol. The molecule has 1 fully saturated rings. The number of nitrogens with one attached hydrogen (secondary N) is 1. The Bertz CT molecular complexity index is 360. The SMILES string of the molecule is CC(=O)N1CCN(C[C@H](O)COC(=O)NC(C)(C)C)CC1. The number of amides is 2. The Morgan fingerprint density at radius 2 is 1.81 bits per heavy atom. The largest absolute Gasteiger partial charge is 0.447 e. The number of nitrogens with zero attached hydrogens (tertiary/aromatic N) is 2. The van der Waals surface area contributed by atoms with Crippen molar-refractivity contribution in [2.45, 2.75) is 39.3 Å². The molecule has 21 heavy (non-hydrogen) atoms. The first-order valence-corrected chi connectivity index (χ1v) is 7.28. The highest BCUT2D eigenvalue weighted by molar-refractivity contribution is 5.73. The molecule has 1 heterocycles. The topological polar surface area (TPSA) is 82.1 Å². The van der Waals surface area contributed by atoms with Gasteiger partial charge in [-0.2, -0.15) is 0 Å². The van der Waals surface area contributed by atoms with Crippen LogP contribution in [0.15, 0.2) is 0 Å². The molecule has 0 unspecified atom stereocenters. The molecular formula is C14H27N3O4. The van der Waals surface area contributed by atoms with Gasteiger partial charge in [-0.1, -0.05) is 0 Å². The molecule has 1 rings (SSSR count). The lowest BCUT2D eigenvalue weighted by Gasteiger charge is -2.35. The van der Waals surface area contributed by atoms with E-state index in [9.17, 15) is 14.7 Å². The van der Waals surface area contributed by atoms with E-state index in [4.69, 9.17) is 4.74 Å². The maximum atomic E-state index is 11.5. The first-order valence-electron chi connectivity index (χ1n) is 7.28. The lowest BCUT2D eigenvalue weighted by molar-refractivity contribution is -0.130. The fourth-order valence-corrected chi connectivity index (χ4v) is 2.11. The number of ether oxygens (including phenoxy) is 1. The van der Waals surface area contributed by atoms with E-state index in [2.05, 4.69) is 10.2 Å². The smallest absolute Gasteiger partial charge is 0.407 e. The number of aliphatic hydroxyl groups is 1. The van der Waals surface area contributed by atoms with Crippen LogP contribution in [-0.2, 0) is 9.53 Å². The quantitative estimate of drug-likeness (QED) is 0.766. The summed E-state index contributed by atoms with van der Waals surface area (Å²) >= 11 is 0. The van der Waals surface area contributed by atoms with Crippen LogP contribution in [0.25, 0.3) is 0 Å². The molecular weight excluding hydrogens is 274 g/mol. The van der Waals surface area contributed by atoms with Crippen molar-refractivity contribution >= 4 is 12.0 Å². The van der Waals surface area contributed by atoms with Crippen LogP contribution in [0.3, 0.4) is 0 Å². The number of hydrogen-bond donors (Lipinski definition) is 2. The summed E-state index contributed by atoms with van der Waals surface area (Å²) in [6, 6.07) is 0. The van der Waals surface area contributed by atoms with Crippen LogP contribution in [0.2, 0.25) is 0 Å². The van der Waals surface area contributed by atoms with Crippen molar-refractivity contribution in [3.63, 3.8) is 0 Å². The summed E-state index contributed by atoms with van der Waals surface area (Å²) in [5.74, 6) is 0.0809. The summed E-state index contributed by atoms with van der Waals surface area (Å²) in [4.78, 5) is 26.5. The second-order valence-corrected chi connectivity index (χ2v) is 6.43. The minimum absolute atomic E-state index is 0.0329. The third-order valence-corrected chi connectivity index (χ3v) is 3.17. The predicted octanol–water partition coefficient (Wildman–Crippen LogP) is 0.0361. The molecule has 0 aliphatic carbocycles. The van der Waals surface area contributed by atoms with Crippen molar-refractivity contribution in [3.8, 4) is 0 Å². The van der Waals surface area contributed by atoms with E-state index in [-0.39, 0.29) is 18.1 Å². The van der Waals surface area contributed by atoms with Crippen LogP contribution in [0.4, 0.5) is 4.79 Å². The van der Waals surface area contributed by atoms with Gasteiger partial charge in [-0.15, -0.1) is 0 Å². The van der Waals surface area contributed by atoms with E-state index < -0.39 is 12.2 Å². The van der Waals surface area contributed by atoms with Crippen molar-refractivity contribution in [2.24, 2.45) is 0 Å². The van der Waals surface area contributed by atoms with Gasteiger partial charge in [0.15, 0.2) is 0 Å². The van der Waals surface area contributed by atoms with Gasteiger partial charge in [0.25, 0.3) is 0 Å². The standard InChI is InChI=1S/C14H27N3O4/c1-11(18)17-7-5-16(6-8-17)9-12(19)10-21-13(20)15-14(2,3)4/h12,19H,5-10H2,1-4H3,(H,15,20)/t12-/m0/s1. The molecule has 0 aromatic rings. The number of rotatable bonds is 4. The summed E-state index contributed by atoms with van der Waals surface area (Å²) in [5, 5.41) is 12.6. The number of β-amino-alcohol motifs (C(OH)–C–C–N with tert-alkyl or cyclic N) is 1. The van der Waals surface area contributed by atoms with E-state index in [0.717, 1.165) is 13.1 Å². The normalized spacial score (nSPS) is 18.2. The summed E-state index contributed by atoms with van der Waals surface area (Å²) < 4.78 is 4.99. The summed E-state index contributed by atoms with van der Waals surface area (Å²) in [5.41, 5.74) is -0.356. The van der Waals surface area contributed by atoms with Gasteiger partial charge in [-0.05, 0) is 20.8 Å². The first kappa shape index (κ1) is 17.7. The molecule has 7 nitrogen and oxygen atoms in total. The van der Waals surface area contributed by atoms with Gasteiger partial charge in [-0.3, -0.25) is 9.69 Å². The van der Waals surface area contributed by atoms with E-state index in [0.29, 0.717) is 19.6 Å². The molecule has 7 heteroatoms. The molecule has 1 aliphatic heterocycles. The molecule has 0 bridgehead atoms. The maximum absolute atomic E-state index is 11.5. The second-order valence-electron chi connectivity index (χ2n) is 6.43. The summed E-state index contributed by atoms with van der Waals surface area (Å²) in [6.45, 7) is 10.4. The van der Waals surface area contributed by atoms with Crippen LogP contribution in [0.5, 0.6) is 0 Å². The Labute approximate surface area is 126 Å². The molecule has 122 valence electrons. The Kier molecular flexibility index (Phi) is 6.42. The van der Waals surface area contributed by atoms with Crippen LogP contribution >= 0.6 is 0 Å². The lowest BCUT2D eigenvalue weighted by Crippen LogP contribution is -2.50. The monoisotopic (exact) mass is 301 g/mol. The van der Waals surface area contributed by atoms with E-state index in [1.807, 2.05) is 20.8 Å². The molecule has 2 N–H and O–H groups in total. The van der Waals surface area contributed by atoms with E-state index >= 15 is 0 Å². The van der Waals surface area contributed by atoms with Crippen molar-refractivity contribution in [2.75, 3.05) is 39.3 Å². The van der Waals surface area contributed by atoms with Crippen molar-refractivity contribution in [1.82, 2.24) is 15.1 Å². The first-order chi connectivity index (χ1) is 9.67. The zero-order valence-electron chi connectivity index (χ0n) is 13.4. The van der Waals surface area contributed by atoms with Crippen LogP contribution in [0.1, 0.15) is 27.7 Å². The van der Waals surface area contributed by atoms with Gasteiger partial charge in [0.1, 0.15) is 12.7 Å². The minimum Gasteiger partial charge on any atom is -0.447 e. The molecule has 0 aromatic heterocycles. The van der Waals surface area contributed by atoms with Crippen LogP contribution in [-0.4, -0.2) is 77.9 Å². The average Bonchev–Trinajstić information content (AvgIpc) is 2.35. The molecule has 0 radical (unpaired) electrons. The highest BCUT2D eigenvalue weighted by Crippen LogP contribution is 2.04. The van der Waals surface area contributed by atoms with Gasteiger partial charge in [0.05, 0.1) is 0 Å². The van der Waals surface area contributed by atoms with Gasteiger partial charge in [0, 0.05) is 45.2 Å². The Morgan fingerprint density at radius 1 is 1.24 bits per heavy atom. The van der Waals surface area contributed by atoms with Crippen LogP contribution in [0, 0.1) is 0 Å². The highest BCUT2D eigenvalue weighted by atomic mass is 16.6. The highest BCUT2D eigenvalue weighted by Gasteiger charge is 2.21. The molecule has 0 saturated carbocycles. The number of carbonyl (C=O) groups excluding carboxylic acids is 2. The Balaban J connectivity index is 2.21. The van der Waals surface area contributed by atoms with E-state index in [1.165, 1.54) is 0 Å². The maximum Gasteiger partial charge on any atom is 0.407 e. The third-order valence-electron chi connectivity index (χ3n) is 3.17. The molecule has 0 spiro atoms. The van der Waals surface area contributed by atoms with Gasteiger partial charge >= 0.3 is 6.09 Å². The number of carbonyl (C=O) groups is 2. The molecule has 1 saturated heterocycles. The lowest BCUT2D eigenvalue weighted by atomic mass is 10.1. The number of alkyl carbamates (subject to hydrolysis) is 1. The fourth-order valence-electron chi connectivity index (χ4n) is 2.11. The molecule has 2 amide bonds. The molecule has 0 aromatic carbocycles. The molecule has 1 aliphatic rings. The van der Waals surface area contributed by atoms with Gasteiger partial charge < -0.3 is 20.1 Å². The Hall–Kier alpha value is -1.34. The minimum atomic E-state index is -0.723. The second kappa shape index (κ2) is 7.61. The van der Waals surface area contributed by atoms with E-state index in [1.54, 1.807) is 11.8 Å². The van der Waals surface area contributed by atoms with Crippen molar-refractivity contribution in [1.29, 1.82) is 0 Å². The summed E-state index contributed by atoms with van der Waals surface area (Å²) in [7, 11) is 0. The van der Waals surface area contributed by atoms with Crippen molar-refractivity contribution in [3.05, 3.63) is 0 Å². The van der Waals surface area contributed by atoms with Crippen molar-refractivity contribution < 1.29 is 19.4 Å². The number of hydrogen-bond acceptors (Lipinski definition) is 5. The zero-order valence-corrected chi connectivity index (χ0v) is 13.4. The molecule has 1 atom stereocenters. The Morgan fingerprint density at radius 3 is 2.29 bits per heavy atom. The number of aliphatic hydroxyl groups excluding tert-OH is 1. The third kappa shape index (κ3) is 7.29. The fraction of sp³-hybridized carbons (Fsp3) is 0.857. The zero-order chi connectivity index (χ0) is 16.0. The van der Waals surface area contributed by atoms with Gasteiger partial charge in [0.2, 0.25) is 5.91 Å². The van der Waals surface area contributed by atoms with Crippen LogP contribution < -0.4 is 5.32 Å². The predicted molar refractivity (Wildman–Crippen MR) is 78.9 cm³/mol. The van der Waals surface area contributed by atoms with Gasteiger partial charge in [-0.25, -0.2) is 4.79 Å².